The average molecular weight is 489 g/mol. The normalized spacial score (nSPS) is 23.3. The van der Waals surface area contributed by atoms with Gasteiger partial charge in [0.05, 0.1) is 7.11 Å². The number of imide groups is 1. The van der Waals surface area contributed by atoms with Gasteiger partial charge in [0, 0.05) is 29.6 Å². The van der Waals surface area contributed by atoms with Gasteiger partial charge in [0.2, 0.25) is 0 Å². The first kappa shape index (κ1) is 22.9. The number of nitrogens with one attached hydrogen (secondary N) is 2. The maximum atomic E-state index is 13.8. The number of aromatic amines is 1. The van der Waals surface area contributed by atoms with Crippen LogP contribution in [0.2, 0.25) is 0 Å². The molecule has 1 aliphatic carbocycles. The number of H-pyrrole nitrogens is 1. The number of carbonyl (C=O) groups is 2. The van der Waals surface area contributed by atoms with Gasteiger partial charge in [0.25, 0.3) is 5.91 Å². The summed E-state index contributed by atoms with van der Waals surface area (Å²) in [5, 5.41) is 14.7. The van der Waals surface area contributed by atoms with Crippen molar-refractivity contribution in [1.29, 1.82) is 0 Å². The van der Waals surface area contributed by atoms with Crippen molar-refractivity contribution >= 4 is 22.8 Å². The molecule has 2 atom stereocenters. The highest BCUT2D eigenvalue weighted by molar-refractivity contribution is 6.08. The van der Waals surface area contributed by atoms with Crippen LogP contribution in [0.15, 0.2) is 42.5 Å². The molecule has 2 fully saturated rings. The molecule has 1 saturated heterocycles. The number of amides is 3. The Hall–Kier alpha value is -3.52. The van der Waals surface area contributed by atoms with E-state index in [1.165, 1.54) is 17.7 Å². The van der Waals surface area contributed by atoms with E-state index in [9.17, 15) is 14.7 Å². The lowest BCUT2D eigenvalue weighted by Crippen LogP contribution is -2.53. The molecule has 6 rings (SSSR count). The lowest BCUT2D eigenvalue weighted by molar-refractivity contribution is -0.133. The third kappa shape index (κ3) is 3.63. The number of phenols is 1. The lowest BCUT2D eigenvalue weighted by Gasteiger charge is -2.42. The molecule has 1 aromatic heterocycles. The van der Waals surface area contributed by atoms with Gasteiger partial charge in [0.15, 0.2) is 0 Å². The number of methoxy groups -OCH3 is 1. The first-order valence-corrected chi connectivity index (χ1v) is 12.7. The molecule has 3 aromatic rings. The van der Waals surface area contributed by atoms with Crippen molar-refractivity contribution in [2.75, 3.05) is 26.7 Å². The van der Waals surface area contributed by atoms with Crippen molar-refractivity contribution in [2.45, 2.75) is 44.2 Å². The second kappa shape index (κ2) is 8.55. The number of rotatable bonds is 8. The largest absolute Gasteiger partial charge is 0.508 e. The fraction of sp³-hybridized carbons (Fsp3) is 0.429. The molecule has 8 heteroatoms. The molecular formula is C28H32N4O4. The van der Waals surface area contributed by atoms with E-state index in [1.54, 1.807) is 30.2 Å². The van der Waals surface area contributed by atoms with E-state index < -0.39 is 11.6 Å². The number of aromatic nitrogens is 1. The van der Waals surface area contributed by atoms with E-state index in [1.807, 2.05) is 31.2 Å². The Morgan fingerprint density at radius 1 is 1.19 bits per heavy atom. The zero-order valence-electron chi connectivity index (χ0n) is 20.7. The molecule has 3 N–H and O–H groups in total. The third-order valence-electron chi connectivity index (χ3n) is 7.92. The van der Waals surface area contributed by atoms with Gasteiger partial charge in [-0.1, -0.05) is 12.1 Å². The predicted molar refractivity (Wildman–Crippen MR) is 136 cm³/mol. The Morgan fingerprint density at radius 2 is 2.03 bits per heavy atom. The fourth-order valence-electron chi connectivity index (χ4n) is 5.85. The van der Waals surface area contributed by atoms with Gasteiger partial charge < -0.3 is 20.1 Å². The minimum Gasteiger partial charge on any atom is -0.508 e. The van der Waals surface area contributed by atoms with Crippen LogP contribution in [0.5, 0.6) is 11.5 Å². The summed E-state index contributed by atoms with van der Waals surface area (Å²) in [4.78, 5) is 34.4. The molecular weight excluding hydrogens is 456 g/mol. The zero-order valence-corrected chi connectivity index (χ0v) is 20.7. The summed E-state index contributed by atoms with van der Waals surface area (Å²) in [5.41, 5.74) is 2.53. The molecule has 1 saturated carbocycles. The minimum absolute atomic E-state index is 0.121. The van der Waals surface area contributed by atoms with E-state index >= 15 is 0 Å². The highest BCUT2D eigenvalue weighted by atomic mass is 16.5. The number of hydrogen-bond donors (Lipinski definition) is 3. The van der Waals surface area contributed by atoms with E-state index in [-0.39, 0.29) is 17.7 Å². The molecule has 3 heterocycles. The molecule has 0 bridgehead atoms. The molecule has 36 heavy (non-hydrogen) atoms. The van der Waals surface area contributed by atoms with Crippen molar-refractivity contribution in [3.8, 4) is 11.5 Å². The molecule has 2 aromatic carbocycles. The first-order valence-electron chi connectivity index (χ1n) is 12.7. The van der Waals surface area contributed by atoms with Crippen LogP contribution in [0.4, 0.5) is 4.79 Å². The van der Waals surface area contributed by atoms with Crippen molar-refractivity contribution in [1.82, 2.24) is 20.1 Å². The van der Waals surface area contributed by atoms with Crippen LogP contribution >= 0.6 is 0 Å². The zero-order chi connectivity index (χ0) is 25.0. The summed E-state index contributed by atoms with van der Waals surface area (Å²) in [6.45, 7) is 4.05. The molecule has 0 radical (unpaired) electrons. The Balaban J connectivity index is 1.39. The number of phenolic OH excluding ortho intramolecular Hbond substituents is 1. The van der Waals surface area contributed by atoms with E-state index in [0.717, 1.165) is 58.9 Å². The summed E-state index contributed by atoms with van der Waals surface area (Å²) in [6.07, 6.45) is 3.71. The van der Waals surface area contributed by atoms with Crippen molar-refractivity contribution in [2.24, 2.45) is 5.92 Å². The highest BCUT2D eigenvalue weighted by Gasteiger charge is 2.60. The van der Waals surface area contributed by atoms with Crippen LogP contribution in [0, 0.1) is 5.92 Å². The van der Waals surface area contributed by atoms with Crippen LogP contribution in [-0.4, -0.2) is 64.1 Å². The minimum atomic E-state index is -1.03. The summed E-state index contributed by atoms with van der Waals surface area (Å²) < 4.78 is 5.47. The van der Waals surface area contributed by atoms with Gasteiger partial charge in [-0.15, -0.1) is 0 Å². The monoisotopic (exact) mass is 488 g/mol. The number of carbonyl (C=O) groups excluding carboxylic acids is 2. The van der Waals surface area contributed by atoms with Crippen LogP contribution in [0.25, 0.3) is 10.9 Å². The lowest BCUT2D eigenvalue weighted by atomic mass is 9.81. The number of urea groups is 1. The maximum absolute atomic E-state index is 13.8. The van der Waals surface area contributed by atoms with Crippen molar-refractivity contribution < 1.29 is 19.4 Å². The highest BCUT2D eigenvalue weighted by Crippen LogP contribution is 2.49. The summed E-state index contributed by atoms with van der Waals surface area (Å²) >= 11 is 0. The third-order valence-corrected chi connectivity index (χ3v) is 7.92. The Morgan fingerprint density at radius 3 is 2.78 bits per heavy atom. The van der Waals surface area contributed by atoms with Crippen molar-refractivity contribution in [3.05, 3.63) is 59.3 Å². The van der Waals surface area contributed by atoms with Gasteiger partial charge in [-0.05, 0) is 86.7 Å². The Kier molecular flexibility index (Phi) is 5.44. The number of benzene rings is 2. The van der Waals surface area contributed by atoms with Gasteiger partial charge in [-0.25, -0.2) is 4.79 Å². The number of aromatic hydroxyl groups is 1. The average Bonchev–Trinajstić information content (AvgIpc) is 3.60. The second-order valence-electron chi connectivity index (χ2n) is 10.5. The topological polar surface area (TPSA) is 97.9 Å². The van der Waals surface area contributed by atoms with Crippen LogP contribution in [0.1, 0.15) is 49.0 Å². The number of nitrogens with zero attached hydrogens (tertiary/aromatic N) is 2. The summed E-state index contributed by atoms with van der Waals surface area (Å²) in [5.74, 6) is 1.48. The summed E-state index contributed by atoms with van der Waals surface area (Å²) in [6, 6.07) is 12.0. The van der Waals surface area contributed by atoms with Crippen molar-refractivity contribution in [3.63, 3.8) is 0 Å². The molecule has 0 spiro atoms. The first-order chi connectivity index (χ1) is 17.4. The molecule has 3 aliphatic rings. The van der Waals surface area contributed by atoms with Gasteiger partial charge in [-0.2, -0.15) is 0 Å². The molecule has 2 aliphatic heterocycles. The molecule has 0 unspecified atom stereocenters. The smallest absolute Gasteiger partial charge is 0.328 e. The number of ether oxygens (including phenoxy) is 1. The van der Waals surface area contributed by atoms with Crippen LogP contribution < -0.4 is 10.1 Å². The van der Waals surface area contributed by atoms with Crippen LogP contribution in [-0.2, 0) is 11.2 Å². The molecule has 8 nitrogen and oxygen atoms in total. The SMILES string of the molecule is COc1ccc2[nH]c3c(c2c1)C[C@@]1(C)C(=O)N(CCCNCC2CC2)C(=O)N1[C@@H]3c1cccc(O)c1. The predicted octanol–water partition coefficient (Wildman–Crippen LogP) is 3.94. The van der Waals surface area contributed by atoms with Gasteiger partial charge >= 0.3 is 6.03 Å². The van der Waals surface area contributed by atoms with E-state index in [2.05, 4.69) is 10.3 Å². The summed E-state index contributed by atoms with van der Waals surface area (Å²) in [7, 11) is 1.63. The maximum Gasteiger partial charge on any atom is 0.328 e. The Bertz CT molecular complexity index is 1350. The molecule has 3 amide bonds. The second-order valence-corrected chi connectivity index (χ2v) is 10.5. The Labute approximate surface area is 210 Å². The molecule has 188 valence electrons. The van der Waals surface area contributed by atoms with Gasteiger partial charge in [0.1, 0.15) is 23.1 Å². The fourth-order valence-corrected chi connectivity index (χ4v) is 5.85. The van der Waals surface area contributed by atoms with Crippen LogP contribution in [0.3, 0.4) is 0 Å². The van der Waals surface area contributed by atoms with Gasteiger partial charge in [-0.3, -0.25) is 14.6 Å². The number of fused-ring (bicyclic) bond motifs is 4. The standard InChI is InChI=1S/C28H32N4O4/c1-28-15-22-21-14-20(36-2)9-10-23(21)30-24(22)25(18-5-3-6-19(33)13-18)32(28)27(35)31(26(28)34)12-4-11-29-16-17-7-8-17/h3,5-6,9-10,13-14,17,25,29-30,33H,4,7-8,11-12,15-16H2,1-2H3/t25-,28+/m1/s1. The van der Waals surface area contributed by atoms with E-state index in [4.69, 9.17) is 4.74 Å². The quantitative estimate of drug-likeness (QED) is 0.330. The van der Waals surface area contributed by atoms with E-state index in [0.29, 0.717) is 13.0 Å². The number of hydrogen-bond acceptors (Lipinski definition) is 5.